The number of benzene rings is 3. The minimum Gasteiger partial charge on any atom is -0.495 e. The molecule has 0 atom stereocenters. The van der Waals surface area contributed by atoms with Crippen molar-refractivity contribution in [2.75, 3.05) is 18.4 Å². The molecule has 0 saturated heterocycles. The summed E-state index contributed by atoms with van der Waals surface area (Å²) >= 11 is 5.98. The number of nitrogens with one attached hydrogen (secondary N) is 1. The Kier molecular flexibility index (Phi) is 7.36. The zero-order valence-corrected chi connectivity index (χ0v) is 18.7. The van der Waals surface area contributed by atoms with Gasteiger partial charge in [-0.1, -0.05) is 48.0 Å². The molecule has 3 rings (SSSR count). The molecule has 0 aromatic heterocycles. The van der Waals surface area contributed by atoms with Gasteiger partial charge >= 0.3 is 0 Å². The van der Waals surface area contributed by atoms with Crippen molar-refractivity contribution in [3.8, 4) is 11.8 Å². The first-order valence-corrected chi connectivity index (χ1v) is 11.4. The summed E-state index contributed by atoms with van der Waals surface area (Å²) in [6, 6.07) is 21.4. The highest BCUT2D eigenvalue weighted by Crippen LogP contribution is 2.30. The number of hydrogen-bond donors (Lipinski definition) is 1. The average Bonchev–Trinajstić information content (AvgIpc) is 2.79. The highest BCUT2D eigenvalue weighted by molar-refractivity contribution is 7.92. The minimum absolute atomic E-state index is 0.109. The number of sulfonamides is 1. The lowest BCUT2D eigenvalue weighted by Crippen LogP contribution is -2.31. The van der Waals surface area contributed by atoms with E-state index in [9.17, 15) is 13.2 Å². The van der Waals surface area contributed by atoms with Crippen LogP contribution in [0, 0.1) is 11.3 Å². The molecule has 1 N–H and O–H groups in total. The van der Waals surface area contributed by atoms with Gasteiger partial charge < -0.3 is 9.64 Å². The molecule has 0 aliphatic rings. The highest BCUT2D eigenvalue weighted by atomic mass is 35.5. The SMILES string of the molecule is COc1ccc(Cl)cc1NS(=O)(=O)c1cccc(C(=O)N(CC#N)Cc2ccccc2)c1. The summed E-state index contributed by atoms with van der Waals surface area (Å²) in [6.07, 6.45) is 0. The second kappa shape index (κ2) is 10.2. The van der Waals surface area contributed by atoms with Gasteiger partial charge in [-0.2, -0.15) is 5.26 Å². The van der Waals surface area contributed by atoms with Crippen LogP contribution in [-0.2, 0) is 16.6 Å². The molecule has 3 aromatic carbocycles. The summed E-state index contributed by atoms with van der Waals surface area (Å²) in [5.74, 6) is -0.152. The van der Waals surface area contributed by atoms with Crippen LogP contribution in [0.25, 0.3) is 0 Å². The average molecular weight is 470 g/mol. The van der Waals surface area contributed by atoms with Crippen molar-refractivity contribution in [1.29, 1.82) is 5.26 Å². The van der Waals surface area contributed by atoms with Crippen LogP contribution in [0.2, 0.25) is 5.02 Å². The third-order valence-electron chi connectivity index (χ3n) is 4.56. The Bertz CT molecular complexity index is 1260. The number of carbonyl (C=O) groups excluding carboxylic acids is 1. The Morgan fingerprint density at radius 3 is 2.53 bits per heavy atom. The molecule has 32 heavy (non-hydrogen) atoms. The van der Waals surface area contributed by atoms with Crippen LogP contribution in [0.15, 0.2) is 77.7 Å². The van der Waals surface area contributed by atoms with Crippen LogP contribution in [0.5, 0.6) is 5.75 Å². The third-order valence-corrected chi connectivity index (χ3v) is 6.16. The molecule has 0 unspecified atom stereocenters. The summed E-state index contributed by atoms with van der Waals surface area (Å²) in [7, 11) is -2.63. The Morgan fingerprint density at radius 2 is 1.84 bits per heavy atom. The standard InChI is InChI=1S/C23H20ClN3O4S/c1-31-22-11-10-19(24)15-21(22)26-32(29,30)20-9-5-8-18(14-20)23(28)27(13-12-25)16-17-6-3-2-4-7-17/h2-11,14-15,26H,13,16H2,1H3. The number of nitrogens with zero attached hydrogens (tertiary/aromatic N) is 2. The molecule has 3 aromatic rings. The lowest BCUT2D eigenvalue weighted by atomic mass is 10.1. The van der Waals surface area contributed by atoms with Gasteiger partial charge in [-0.15, -0.1) is 0 Å². The van der Waals surface area contributed by atoms with Crippen molar-refractivity contribution >= 4 is 33.2 Å². The molecule has 0 heterocycles. The van der Waals surface area contributed by atoms with E-state index in [0.717, 1.165) is 5.56 Å². The predicted molar refractivity (Wildman–Crippen MR) is 122 cm³/mol. The summed E-state index contributed by atoms with van der Waals surface area (Å²) in [4.78, 5) is 14.3. The molecular formula is C23H20ClN3O4S. The van der Waals surface area contributed by atoms with Crippen molar-refractivity contribution < 1.29 is 17.9 Å². The number of ether oxygens (including phenoxy) is 1. The lowest BCUT2D eigenvalue weighted by Gasteiger charge is -2.20. The zero-order valence-electron chi connectivity index (χ0n) is 17.2. The number of anilines is 1. The van der Waals surface area contributed by atoms with Crippen molar-refractivity contribution in [3.05, 3.63) is 88.9 Å². The molecule has 0 spiro atoms. The summed E-state index contributed by atoms with van der Waals surface area (Å²) < 4.78 is 33.5. The van der Waals surface area contributed by atoms with Crippen molar-refractivity contribution in [3.63, 3.8) is 0 Å². The van der Waals surface area contributed by atoms with Gasteiger partial charge in [-0.25, -0.2) is 8.42 Å². The second-order valence-corrected chi connectivity index (χ2v) is 8.90. The van der Waals surface area contributed by atoms with Crippen molar-refractivity contribution in [2.45, 2.75) is 11.4 Å². The number of rotatable bonds is 8. The number of carbonyl (C=O) groups is 1. The van der Waals surface area contributed by atoms with Crippen molar-refractivity contribution in [2.24, 2.45) is 0 Å². The van der Waals surface area contributed by atoms with Gasteiger partial charge in [-0.3, -0.25) is 9.52 Å². The van der Waals surface area contributed by atoms with Gasteiger partial charge in [0.1, 0.15) is 12.3 Å². The predicted octanol–water partition coefficient (Wildman–Crippen LogP) is 4.32. The Balaban J connectivity index is 1.88. The molecule has 0 saturated carbocycles. The largest absolute Gasteiger partial charge is 0.495 e. The van der Waals surface area contributed by atoms with Crippen LogP contribution < -0.4 is 9.46 Å². The van der Waals surface area contributed by atoms with Crippen LogP contribution >= 0.6 is 11.6 Å². The van der Waals surface area contributed by atoms with Gasteiger partial charge in [-0.05, 0) is 42.0 Å². The normalized spacial score (nSPS) is 10.8. The molecule has 0 aliphatic heterocycles. The molecular weight excluding hydrogens is 450 g/mol. The number of methoxy groups -OCH3 is 1. The second-order valence-electron chi connectivity index (χ2n) is 6.78. The maximum Gasteiger partial charge on any atom is 0.262 e. The summed E-state index contributed by atoms with van der Waals surface area (Å²) in [6.45, 7) is 0.0881. The first-order valence-electron chi connectivity index (χ1n) is 9.50. The lowest BCUT2D eigenvalue weighted by molar-refractivity contribution is 0.0764. The van der Waals surface area contributed by atoms with Gasteiger partial charge in [0.2, 0.25) is 0 Å². The topological polar surface area (TPSA) is 99.5 Å². The van der Waals surface area contributed by atoms with E-state index in [2.05, 4.69) is 4.72 Å². The van der Waals surface area contributed by atoms with E-state index in [-0.39, 0.29) is 29.2 Å². The smallest absolute Gasteiger partial charge is 0.262 e. The van der Waals surface area contributed by atoms with Gasteiger partial charge in [0.05, 0.1) is 23.8 Å². The first-order chi connectivity index (χ1) is 15.3. The molecule has 0 radical (unpaired) electrons. The molecule has 0 bridgehead atoms. The van der Waals surface area contributed by atoms with E-state index in [1.165, 1.54) is 42.3 Å². The number of halogens is 1. The third kappa shape index (κ3) is 5.58. The fourth-order valence-corrected chi connectivity index (χ4v) is 4.31. The molecule has 7 nitrogen and oxygen atoms in total. The van der Waals surface area contributed by atoms with E-state index in [1.807, 2.05) is 36.4 Å². The van der Waals surface area contributed by atoms with Gasteiger partial charge in [0.15, 0.2) is 0 Å². The van der Waals surface area contributed by atoms with Crippen LogP contribution in [-0.4, -0.2) is 32.9 Å². The highest BCUT2D eigenvalue weighted by Gasteiger charge is 2.21. The number of hydrogen-bond acceptors (Lipinski definition) is 5. The van der Waals surface area contributed by atoms with Gasteiger partial charge in [0, 0.05) is 17.1 Å². The van der Waals surface area contributed by atoms with Gasteiger partial charge in [0.25, 0.3) is 15.9 Å². The molecule has 0 fully saturated rings. The molecule has 0 aliphatic carbocycles. The molecule has 9 heteroatoms. The summed E-state index contributed by atoms with van der Waals surface area (Å²) in [5.41, 5.74) is 1.18. The summed E-state index contributed by atoms with van der Waals surface area (Å²) in [5, 5.41) is 9.49. The minimum atomic E-state index is -4.04. The first kappa shape index (κ1) is 23.1. The van der Waals surface area contributed by atoms with Crippen molar-refractivity contribution in [1.82, 2.24) is 4.90 Å². The Hall–Kier alpha value is -3.54. The monoisotopic (exact) mass is 469 g/mol. The molecule has 1 amide bonds. The number of nitriles is 1. The maximum atomic E-state index is 13.0. The van der Waals surface area contributed by atoms with Crippen LogP contribution in [0.3, 0.4) is 0 Å². The van der Waals surface area contributed by atoms with E-state index in [0.29, 0.717) is 10.8 Å². The molecule has 164 valence electrons. The van der Waals surface area contributed by atoms with E-state index in [1.54, 1.807) is 12.1 Å². The Morgan fingerprint density at radius 1 is 1.09 bits per heavy atom. The fraction of sp³-hybridized carbons (Fsp3) is 0.130. The maximum absolute atomic E-state index is 13.0. The zero-order chi connectivity index (χ0) is 23.1. The van der Waals surface area contributed by atoms with E-state index >= 15 is 0 Å². The fourth-order valence-electron chi connectivity index (χ4n) is 3.03. The van der Waals surface area contributed by atoms with E-state index in [4.69, 9.17) is 21.6 Å². The quantitative estimate of drug-likeness (QED) is 0.495. The Labute approximate surface area is 191 Å². The van der Waals surface area contributed by atoms with E-state index < -0.39 is 15.9 Å². The van der Waals surface area contributed by atoms with Crippen LogP contribution in [0.4, 0.5) is 5.69 Å². The van der Waals surface area contributed by atoms with Crippen LogP contribution in [0.1, 0.15) is 15.9 Å². The number of amides is 1.